The van der Waals surface area contributed by atoms with Gasteiger partial charge in [0.05, 0.1) is 0 Å². The molecule has 4 heteroatoms. The van der Waals surface area contributed by atoms with E-state index in [1.807, 2.05) is 32.0 Å². The number of likely N-dealkylation sites (N-methyl/N-ethyl adjacent to an activating group) is 1. The molecule has 0 bridgehead atoms. The smallest absolute Gasteiger partial charge is 0.317 e. The Kier molecular flexibility index (Phi) is 5.20. The maximum Gasteiger partial charge on any atom is 0.389 e. The first kappa shape index (κ1) is 15.0. The molecule has 0 fully saturated rings. The third-order valence-corrected chi connectivity index (χ3v) is 3.24. The van der Waals surface area contributed by atoms with Crippen LogP contribution in [0.2, 0.25) is 0 Å². The van der Waals surface area contributed by atoms with Crippen molar-refractivity contribution in [2.75, 3.05) is 7.05 Å². The maximum absolute atomic E-state index is 12.2. The Labute approximate surface area is 106 Å². The third kappa shape index (κ3) is 5.08. The standard InChI is InChI=1S/C14H20F3N/c1-10-4-5-12(8-11(10)2)9-13(18-3)6-7-14(15,16)17/h4-5,8,13,18H,6-7,9H2,1-3H3. The van der Waals surface area contributed by atoms with Crippen LogP contribution in [0.25, 0.3) is 0 Å². The zero-order chi connectivity index (χ0) is 13.8. The van der Waals surface area contributed by atoms with Crippen LogP contribution in [-0.4, -0.2) is 19.3 Å². The Morgan fingerprint density at radius 2 is 1.83 bits per heavy atom. The highest BCUT2D eigenvalue weighted by Gasteiger charge is 2.27. The molecule has 1 nitrogen and oxygen atoms in total. The summed E-state index contributed by atoms with van der Waals surface area (Å²) in [5, 5.41) is 2.96. The zero-order valence-corrected chi connectivity index (χ0v) is 11.1. The fourth-order valence-electron chi connectivity index (χ4n) is 1.90. The van der Waals surface area contributed by atoms with Gasteiger partial charge >= 0.3 is 6.18 Å². The molecule has 0 heterocycles. The van der Waals surface area contributed by atoms with Crippen molar-refractivity contribution in [1.82, 2.24) is 5.32 Å². The molecule has 0 amide bonds. The van der Waals surface area contributed by atoms with E-state index in [0.717, 1.165) is 5.56 Å². The van der Waals surface area contributed by atoms with Gasteiger partial charge in [-0.1, -0.05) is 18.2 Å². The van der Waals surface area contributed by atoms with Crippen molar-refractivity contribution in [3.8, 4) is 0 Å². The zero-order valence-electron chi connectivity index (χ0n) is 11.1. The fourth-order valence-corrected chi connectivity index (χ4v) is 1.90. The Balaban J connectivity index is 2.59. The monoisotopic (exact) mass is 259 g/mol. The van der Waals surface area contributed by atoms with E-state index in [0.29, 0.717) is 6.42 Å². The van der Waals surface area contributed by atoms with Gasteiger partial charge in [-0.05, 0) is 50.4 Å². The Morgan fingerprint density at radius 1 is 1.17 bits per heavy atom. The van der Waals surface area contributed by atoms with Crippen LogP contribution in [0.1, 0.15) is 29.5 Å². The summed E-state index contributed by atoms with van der Waals surface area (Å²) in [4.78, 5) is 0. The summed E-state index contributed by atoms with van der Waals surface area (Å²) in [5.74, 6) is 0. The topological polar surface area (TPSA) is 12.0 Å². The van der Waals surface area contributed by atoms with Crippen molar-refractivity contribution in [2.45, 2.75) is 45.3 Å². The molecule has 1 aromatic rings. The second-order valence-corrected chi connectivity index (χ2v) is 4.76. The highest BCUT2D eigenvalue weighted by molar-refractivity contribution is 5.30. The third-order valence-electron chi connectivity index (χ3n) is 3.24. The summed E-state index contributed by atoms with van der Waals surface area (Å²) in [6.45, 7) is 4.04. The second-order valence-electron chi connectivity index (χ2n) is 4.76. The van der Waals surface area contributed by atoms with Gasteiger partial charge in [0.2, 0.25) is 0 Å². The molecule has 0 spiro atoms. The lowest BCUT2D eigenvalue weighted by Gasteiger charge is -2.17. The molecule has 0 radical (unpaired) electrons. The highest BCUT2D eigenvalue weighted by Crippen LogP contribution is 2.23. The first-order valence-electron chi connectivity index (χ1n) is 6.12. The van der Waals surface area contributed by atoms with E-state index in [4.69, 9.17) is 0 Å². The van der Waals surface area contributed by atoms with E-state index in [-0.39, 0.29) is 12.5 Å². The first-order chi connectivity index (χ1) is 8.31. The average Bonchev–Trinajstić information content (AvgIpc) is 2.28. The van der Waals surface area contributed by atoms with Gasteiger partial charge in [0.15, 0.2) is 0 Å². The Hall–Kier alpha value is -1.03. The molecule has 0 saturated carbocycles. The molecule has 18 heavy (non-hydrogen) atoms. The molecule has 1 aromatic carbocycles. The summed E-state index contributed by atoms with van der Waals surface area (Å²) in [7, 11) is 1.71. The van der Waals surface area contributed by atoms with Crippen LogP contribution in [0, 0.1) is 13.8 Å². The van der Waals surface area contributed by atoms with Crippen LogP contribution >= 0.6 is 0 Å². The van der Waals surface area contributed by atoms with E-state index in [2.05, 4.69) is 5.32 Å². The fraction of sp³-hybridized carbons (Fsp3) is 0.571. The molecule has 0 aromatic heterocycles. The van der Waals surface area contributed by atoms with E-state index in [1.165, 1.54) is 11.1 Å². The van der Waals surface area contributed by atoms with Crippen LogP contribution in [0.5, 0.6) is 0 Å². The van der Waals surface area contributed by atoms with Crippen LogP contribution in [0.15, 0.2) is 18.2 Å². The Morgan fingerprint density at radius 3 is 2.33 bits per heavy atom. The summed E-state index contributed by atoms with van der Waals surface area (Å²) in [5.41, 5.74) is 3.47. The number of hydrogen-bond acceptors (Lipinski definition) is 1. The van der Waals surface area contributed by atoms with Gasteiger partial charge in [-0.3, -0.25) is 0 Å². The lowest BCUT2D eigenvalue weighted by molar-refractivity contribution is -0.136. The molecule has 0 saturated heterocycles. The quantitative estimate of drug-likeness (QED) is 0.848. The first-order valence-corrected chi connectivity index (χ1v) is 6.12. The van der Waals surface area contributed by atoms with Crippen molar-refractivity contribution in [2.24, 2.45) is 0 Å². The number of rotatable bonds is 5. The summed E-state index contributed by atoms with van der Waals surface area (Å²) in [6.07, 6.45) is -4.05. The van der Waals surface area contributed by atoms with Crippen molar-refractivity contribution in [3.63, 3.8) is 0 Å². The average molecular weight is 259 g/mol. The molecular weight excluding hydrogens is 239 g/mol. The van der Waals surface area contributed by atoms with Crippen LogP contribution in [0.3, 0.4) is 0 Å². The van der Waals surface area contributed by atoms with Gasteiger partial charge in [-0.2, -0.15) is 13.2 Å². The highest BCUT2D eigenvalue weighted by atomic mass is 19.4. The number of hydrogen-bond donors (Lipinski definition) is 1. The van der Waals surface area contributed by atoms with Gasteiger partial charge in [0, 0.05) is 12.5 Å². The number of nitrogens with one attached hydrogen (secondary N) is 1. The van der Waals surface area contributed by atoms with E-state index < -0.39 is 12.6 Å². The largest absolute Gasteiger partial charge is 0.389 e. The normalized spacial score (nSPS) is 13.7. The molecule has 1 unspecified atom stereocenters. The van der Waals surface area contributed by atoms with Gasteiger partial charge in [-0.25, -0.2) is 0 Å². The summed E-state index contributed by atoms with van der Waals surface area (Å²) >= 11 is 0. The summed E-state index contributed by atoms with van der Waals surface area (Å²) < 4.78 is 36.5. The minimum absolute atomic E-state index is 0.118. The minimum Gasteiger partial charge on any atom is -0.317 e. The number of aryl methyl sites for hydroxylation is 2. The van der Waals surface area contributed by atoms with E-state index in [1.54, 1.807) is 7.05 Å². The molecule has 1 rings (SSSR count). The van der Waals surface area contributed by atoms with E-state index in [9.17, 15) is 13.2 Å². The SMILES string of the molecule is CNC(CCC(F)(F)F)Cc1ccc(C)c(C)c1. The predicted molar refractivity (Wildman–Crippen MR) is 67.8 cm³/mol. The molecule has 1 atom stereocenters. The second kappa shape index (κ2) is 6.23. The molecule has 0 aliphatic rings. The predicted octanol–water partition coefficient (Wildman–Crippen LogP) is 3.78. The van der Waals surface area contributed by atoms with Crippen LogP contribution in [0.4, 0.5) is 13.2 Å². The van der Waals surface area contributed by atoms with Gasteiger partial charge in [-0.15, -0.1) is 0 Å². The summed E-state index contributed by atoms with van der Waals surface area (Å²) in [6, 6.07) is 5.92. The van der Waals surface area contributed by atoms with Crippen molar-refractivity contribution < 1.29 is 13.2 Å². The molecule has 102 valence electrons. The maximum atomic E-state index is 12.2. The number of alkyl halides is 3. The Bertz CT molecular complexity index is 385. The van der Waals surface area contributed by atoms with Crippen molar-refractivity contribution in [1.29, 1.82) is 0 Å². The van der Waals surface area contributed by atoms with E-state index >= 15 is 0 Å². The van der Waals surface area contributed by atoms with Crippen molar-refractivity contribution >= 4 is 0 Å². The van der Waals surface area contributed by atoms with Crippen molar-refractivity contribution in [3.05, 3.63) is 34.9 Å². The van der Waals surface area contributed by atoms with Gasteiger partial charge < -0.3 is 5.32 Å². The van der Waals surface area contributed by atoms with Crippen LogP contribution in [-0.2, 0) is 6.42 Å². The number of halogens is 3. The van der Waals surface area contributed by atoms with Crippen LogP contribution < -0.4 is 5.32 Å². The number of benzene rings is 1. The minimum atomic E-state index is -4.07. The van der Waals surface area contributed by atoms with Gasteiger partial charge in [0.1, 0.15) is 0 Å². The lowest BCUT2D eigenvalue weighted by atomic mass is 9.98. The molecule has 0 aliphatic carbocycles. The molecule has 0 aliphatic heterocycles. The molecular formula is C14H20F3N. The molecule has 1 N–H and O–H groups in total. The van der Waals surface area contributed by atoms with Gasteiger partial charge in [0.25, 0.3) is 0 Å². The lowest BCUT2D eigenvalue weighted by Crippen LogP contribution is -2.29.